The van der Waals surface area contributed by atoms with E-state index >= 15 is 0 Å². The first-order valence-corrected chi connectivity index (χ1v) is 5.32. The second-order valence-corrected chi connectivity index (χ2v) is 4.16. The van der Waals surface area contributed by atoms with E-state index in [-0.39, 0.29) is 5.78 Å². The van der Waals surface area contributed by atoms with Gasteiger partial charge in [0, 0.05) is 19.4 Å². The van der Waals surface area contributed by atoms with Gasteiger partial charge in [-0.15, -0.1) is 0 Å². The number of carbonyl (C=O) groups is 1. The third-order valence-electron chi connectivity index (χ3n) is 2.98. The molecule has 1 aromatic heterocycles. The molecule has 15 heavy (non-hydrogen) atoms. The van der Waals surface area contributed by atoms with E-state index in [4.69, 9.17) is 4.42 Å². The molecule has 1 aliphatic rings. The van der Waals surface area contributed by atoms with Crippen LogP contribution in [-0.4, -0.2) is 35.3 Å². The zero-order valence-electron chi connectivity index (χ0n) is 9.19. The molecule has 1 atom stereocenters. The number of rotatable bonds is 3. The minimum atomic E-state index is -0.0615. The second kappa shape index (κ2) is 4.14. The summed E-state index contributed by atoms with van der Waals surface area (Å²) < 4.78 is 5.37. The normalized spacial score (nSPS) is 22.1. The first-order valence-electron chi connectivity index (χ1n) is 5.32. The van der Waals surface area contributed by atoms with Crippen LogP contribution in [0.4, 0.5) is 0 Å². The van der Waals surface area contributed by atoms with Gasteiger partial charge in [0.25, 0.3) is 0 Å². The van der Waals surface area contributed by atoms with Crippen LogP contribution in [0.3, 0.4) is 0 Å². The minimum absolute atomic E-state index is 0.0615. The fraction of sp³-hybridized carbons (Fsp3) is 0.636. The molecule has 4 nitrogen and oxygen atoms in total. The lowest BCUT2D eigenvalue weighted by atomic mass is 10.1. The molecule has 0 aromatic carbocycles. The fourth-order valence-corrected chi connectivity index (χ4v) is 2.01. The third kappa shape index (κ3) is 2.26. The molecular formula is C11H16N2O2. The van der Waals surface area contributed by atoms with Gasteiger partial charge in [-0.2, -0.15) is 0 Å². The molecule has 0 spiro atoms. The smallest absolute Gasteiger partial charge is 0.196 e. The summed E-state index contributed by atoms with van der Waals surface area (Å²) in [5.74, 6) is 0.984. The molecule has 82 valence electrons. The van der Waals surface area contributed by atoms with Crippen LogP contribution in [0.2, 0.25) is 0 Å². The van der Waals surface area contributed by atoms with Crippen LogP contribution in [0, 0.1) is 0 Å². The van der Waals surface area contributed by atoms with E-state index in [0.717, 1.165) is 13.0 Å². The van der Waals surface area contributed by atoms with E-state index in [1.54, 1.807) is 0 Å². The topological polar surface area (TPSA) is 46.3 Å². The Bertz CT molecular complexity index is 359. The summed E-state index contributed by atoms with van der Waals surface area (Å²) in [5.41, 5.74) is 0. The molecular weight excluding hydrogens is 192 g/mol. The van der Waals surface area contributed by atoms with E-state index in [2.05, 4.69) is 16.9 Å². The summed E-state index contributed by atoms with van der Waals surface area (Å²) in [6, 6.07) is 0.517. The van der Waals surface area contributed by atoms with Crippen molar-refractivity contribution in [2.45, 2.75) is 32.2 Å². The van der Waals surface area contributed by atoms with Crippen molar-refractivity contribution in [3.8, 4) is 0 Å². The van der Waals surface area contributed by atoms with Gasteiger partial charge in [-0.3, -0.25) is 4.79 Å². The summed E-state index contributed by atoms with van der Waals surface area (Å²) in [7, 11) is 2.12. The van der Waals surface area contributed by atoms with Crippen molar-refractivity contribution in [1.82, 2.24) is 9.88 Å². The van der Waals surface area contributed by atoms with E-state index in [0.29, 0.717) is 17.7 Å². The summed E-state index contributed by atoms with van der Waals surface area (Å²) in [6.45, 7) is 2.64. The maximum Gasteiger partial charge on any atom is 0.196 e. The maximum atomic E-state index is 11.0. The number of ketones is 1. The zero-order valence-corrected chi connectivity index (χ0v) is 9.19. The highest BCUT2D eigenvalue weighted by molar-refractivity contribution is 5.90. The maximum absolute atomic E-state index is 11.0. The Hall–Kier alpha value is -1.16. The van der Waals surface area contributed by atoms with Crippen LogP contribution >= 0.6 is 0 Å². The van der Waals surface area contributed by atoms with Crippen molar-refractivity contribution in [2.75, 3.05) is 13.6 Å². The lowest BCUT2D eigenvalue weighted by Crippen LogP contribution is -2.26. The molecule has 2 rings (SSSR count). The van der Waals surface area contributed by atoms with E-state index in [1.165, 1.54) is 26.0 Å². The molecule has 0 saturated carbocycles. The van der Waals surface area contributed by atoms with E-state index < -0.39 is 0 Å². The first-order chi connectivity index (χ1) is 7.16. The van der Waals surface area contributed by atoms with Gasteiger partial charge in [-0.25, -0.2) is 4.98 Å². The van der Waals surface area contributed by atoms with Crippen molar-refractivity contribution >= 4 is 5.78 Å². The number of Topliss-reactive ketones (excluding diaryl/α,β-unsaturated/α-hetero) is 1. The lowest BCUT2D eigenvalue weighted by molar-refractivity contribution is 0.0984. The highest BCUT2D eigenvalue weighted by Gasteiger charge is 2.23. The van der Waals surface area contributed by atoms with Crippen molar-refractivity contribution in [1.29, 1.82) is 0 Å². The number of hydrogen-bond donors (Lipinski definition) is 0. The summed E-state index contributed by atoms with van der Waals surface area (Å²) in [4.78, 5) is 17.5. The largest absolute Gasteiger partial charge is 0.438 e. The van der Waals surface area contributed by atoms with Gasteiger partial charge in [-0.05, 0) is 26.4 Å². The summed E-state index contributed by atoms with van der Waals surface area (Å²) in [5, 5.41) is 0. The molecule has 1 aliphatic heterocycles. The average molecular weight is 208 g/mol. The molecule has 4 heteroatoms. The van der Waals surface area contributed by atoms with Gasteiger partial charge in [-0.1, -0.05) is 0 Å². The lowest BCUT2D eigenvalue weighted by Gasteiger charge is -2.17. The van der Waals surface area contributed by atoms with Crippen LogP contribution in [0.25, 0.3) is 0 Å². The van der Waals surface area contributed by atoms with Crippen molar-refractivity contribution in [3.63, 3.8) is 0 Å². The van der Waals surface area contributed by atoms with Crippen molar-refractivity contribution < 1.29 is 9.21 Å². The van der Waals surface area contributed by atoms with Crippen molar-refractivity contribution in [2.24, 2.45) is 0 Å². The quantitative estimate of drug-likeness (QED) is 0.706. The van der Waals surface area contributed by atoms with Crippen LogP contribution in [0.5, 0.6) is 0 Å². The van der Waals surface area contributed by atoms with Gasteiger partial charge < -0.3 is 9.32 Å². The molecule has 1 aromatic rings. The standard InChI is InChI=1S/C11H16N2O2/c1-8(14)10-7-12-11(15-10)6-9-4-3-5-13(9)2/h7,9H,3-6H2,1-2H3. The monoisotopic (exact) mass is 208 g/mol. The summed E-state index contributed by atoms with van der Waals surface area (Å²) in [6.07, 6.45) is 4.76. The predicted octanol–water partition coefficient (Wildman–Crippen LogP) is 1.51. The van der Waals surface area contributed by atoms with Gasteiger partial charge in [0.2, 0.25) is 0 Å². The van der Waals surface area contributed by atoms with Gasteiger partial charge in [0.15, 0.2) is 17.4 Å². The number of likely N-dealkylation sites (N-methyl/N-ethyl adjacent to an activating group) is 1. The Labute approximate surface area is 89.3 Å². The van der Waals surface area contributed by atoms with Crippen LogP contribution < -0.4 is 0 Å². The van der Waals surface area contributed by atoms with E-state index in [1.807, 2.05) is 0 Å². The molecule has 0 bridgehead atoms. The Kier molecular flexibility index (Phi) is 2.86. The minimum Gasteiger partial charge on any atom is -0.438 e. The molecule has 1 saturated heterocycles. The van der Waals surface area contributed by atoms with Gasteiger partial charge in [0.1, 0.15) is 0 Å². The molecule has 0 aliphatic carbocycles. The average Bonchev–Trinajstić information content (AvgIpc) is 2.77. The molecule has 0 radical (unpaired) electrons. The predicted molar refractivity (Wildman–Crippen MR) is 55.9 cm³/mol. The van der Waals surface area contributed by atoms with E-state index in [9.17, 15) is 4.79 Å². The Morgan fingerprint density at radius 3 is 3.07 bits per heavy atom. The van der Waals surface area contributed by atoms with Crippen molar-refractivity contribution in [3.05, 3.63) is 17.8 Å². The third-order valence-corrected chi connectivity index (χ3v) is 2.98. The molecule has 0 amide bonds. The summed E-state index contributed by atoms with van der Waals surface area (Å²) >= 11 is 0. The second-order valence-electron chi connectivity index (χ2n) is 4.16. The Morgan fingerprint density at radius 2 is 2.53 bits per heavy atom. The van der Waals surface area contributed by atoms with Crippen LogP contribution in [-0.2, 0) is 6.42 Å². The zero-order chi connectivity index (χ0) is 10.8. The number of nitrogens with zero attached hydrogens (tertiary/aromatic N) is 2. The van der Waals surface area contributed by atoms with Crippen LogP contribution in [0.15, 0.2) is 10.6 Å². The number of likely N-dealkylation sites (tertiary alicyclic amines) is 1. The van der Waals surface area contributed by atoms with Gasteiger partial charge in [0.05, 0.1) is 6.20 Å². The number of oxazole rings is 1. The number of carbonyl (C=O) groups excluding carboxylic acids is 1. The molecule has 1 fully saturated rings. The molecule has 1 unspecified atom stereocenters. The number of aromatic nitrogens is 1. The van der Waals surface area contributed by atoms with Gasteiger partial charge >= 0.3 is 0 Å². The SMILES string of the molecule is CC(=O)c1cnc(CC2CCCN2C)o1. The Balaban J connectivity index is 2.01. The first kappa shape index (κ1) is 10.4. The molecule has 0 N–H and O–H groups in total. The number of hydrogen-bond acceptors (Lipinski definition) is 4. The highest BCUT2D eigenvalue weighted by atomic mass is 16.4. The Morgan fingerprint density at radius 1 is 1.73 bits per heavy atom. The highest BCUT2D eigenvalue weighted by Crippen LogP contribution is 2.19. The fourth-order valence-electron chi connectivity index (χ4n) is 2.01. The molecule has 2 heterocycles. The van der Waals surface area contributed by atoms with Crippen LogP contribution in [0.1, 0.15) is 36.2 Å².